The molecule has 7 nitrogen and oxygen atoms in total. The van der Waals surface area contributed by atoms with Crippen molar-refractivity contribution in [2.24, 2.45) is 5.92 Å². The van der Waals surface area contributed by atoms with Gasteiger partial charge in [-0.1, -0.05) is 24.3 Å². The van der Waals surface area contributed by atoms with E-state index in [9.17, 15) is 23.9 Å². The van der Waals surface area contributed by atoms with E-state index in [-0.39, 0.29) is 23.8 Å². The average Bonchev–Trinajstić information content (AvgIpc) is 2.74. The number of rotatable bonds is 5. The number of piperidine rings is 1. The zero-order chi connectivity index (χ0) is 21.3. The fourth-order valence-corrected chi connectivity index (χ4v) is 4.23. The van der Waals surface area contributed by atoms with E-state index in [1.165, 1.54) is 12.1 Å². The van der Waals surface area contributed by atoms with Gasteiger partial charge >= 0.3 is 11.7 Å². The first-order chi connectivity index (χ1) is 14.4. The van der Waals surface area contributed by atoms with Crippen LogP contribution in [0.4, 0.5) is 4.39 Å². The smallest absolute Gasteiger partial charge is 0.328 e. The van der Waals surface area contributed by atoms with Crippen LogP contribution < -0.4 is 11.2 Å². The molecule has 0 bridgehead atoms. The van der Waals surface area contributed by atoms with Gasteiger partial charge in [0.15, 0.2) is 0 Å². The lowest BCUT2D eigenvalue weighted by Crippen LogP contribution is -2.46. The van der Waals surface area contributed by atoms with E-state index >= 15 is 0 Å². The SMILES string of the molecule is O=C(O)[C@@H]1CN(CCn2c(=O)[nH]c3ccccc3c2=O)CC[C@@H]1c1ccc(F)cc1. The summed E-state index contributed by atoms with van der Waals surface area (Å²) in [7, 11) is 0. The number of carbonyl (C=O) groups is 1. The summed E-state index contributed by atoms with van der Waals surface area (Å²) < 4.78 is 14.4. The van der Waals surface area contributed by atoms with Gasteiger partial charge in [0.25, 0.3) is 5.56 Å². The Morgan fingerprint density at radius 3 is 2.57 bits per heavy atom. The Bertz CT molecular complexity index is 1190. The van der Waals surface area contributed by atoms with Gasteiger partial charge in [-0.3, -0.25) is 14.2 Å². The molecule has 0 unspecified atom stereocenters. The molecule has 156 valence electrons. The van der Waals surface area contributed by atoms with E-state index < -0.39 is 17.6 Å². The molecule has 2 N–H and O–H groups in total. The van der Waals surface area contributed by atoms with Crippen LogP contribution in [0.15, 0.2) is 58.1 Å². The lowest BCUT2D eigenvalue weighted by atomic mass is 9.80. The molecule has 1 aromatic heterocycles. The number of aromatic nitrogens is 2. The molecule has 2 atom stereocenters. The van der Waals surface area contributed by atoms with Gasteiger partial charge in [0.1, 0.15) is 5.82 Å². The predicted molar refractivity (Wildman–Crippen MR) is 110 cm³/mol. The van der Waals surface area contributed by atoms with Crippen LogP contribution in [-0.4, -0.2) is 45.2 Å². The Kier molecular flexibility index (Phi) is 5.50. The number of halogens is 1. The number of likely N-dealkylation sites (tertiary alicyclic amines) is 1. The molecule has 0 radical (unpaired) electrons. The molecule has 2 heterocycles. The van der Waals surface area contributed by atoms with Crippen molar-refractivity contribution in [3.8, 4) is 0 Å². The molecule has 30 heavy (non-hydrogen) atoms. The van der Waals surface area contributed by atoms with Gasteiger partial charge in [-0.25, -0.2) is 9.18 Å². The Labute approximate surface area is 171 Å². The maximum Gasteiger partial charge on any atom is 0.328 e. The molecule has 1 saturated heterocycles. The first-order valence-electron chi connectivity index (χ1n) is 9.86. The lowest BCUT2D eigenvalue weighted by molar-refractivity contribution is -0.144. The molecule has 2 aromatic carbocycles. The van der Waals surface area contributed by atoms with Crippen molar-refractivity contribution in [3.63, 3.8) is 0 Å². The maximum atomic E-state index is 13.2. The van der Waals surface area contributed by atoms with Gasteiger partial charge in [-0.05, 0) is 48.7 Å². The highest BCUT2D eigenvalue weighted by molar-refractivity contribution is 5.76. The van der Waals surface area contributed by atoms with Crippen LogP contribution in [0.2, 0.25) is 0 Å². The number of H-pyrrole nitrogens is 1. The van der Waals surface area contributed by atoms with Gasteiger partial charge < -0.3 is 15.0 Å². The Hall–Kier alpha value is -3.26. The highest BCUT2D eigenvalue weighted by Gasteiger charge is 2.35. The largest absolute Gasteiger partial charge is 0.481 e. The van der Waals surface area contributed by atoms with E-state index in [1.54, 1.807) is 36.4 Å². The van der Waals surface area contributed by atoms with Crippen molar-refractivity contribution >= 4 is 16.9 Å². The number of aliphatic carboxylic acids is 1. The molecule has 1 aliphatic rings. The normalized spacial score (nSPS) is 19.8. The number of carboxylic acids is 1. The standard InChI is InChI=1S/C22H22FN3O4/c23-15-7-5-14(6-8-15)16-9-10-25(13-18(16)21(28)29)11-12-26-20(27)17-3-1-2-4-19(17)24-22(26)30/h1-8,16,18H,9-13H2,(H,24,30)(H,28,29)/t16-,18-/m1/s1. The van der Waals surface area contributed by atoms with Crippen molar-refractivity contribution in [2.45, 2.75) is 18.9 Å². The van der Waals surface area contributed by atoms with Crippen molar-refractivity contribution < 1.29 is 14.3 Å². The fraction of sp³-hybridized carbons (Fsp3) is 0.318. The number of benzene rings is 2. The van der Waals surface area contributed by atoms with E-state index in [0.29, 0.717) is 37.0 Å². The summed E-state index contributed by atoms with van der Waals surface area (Å²) in [5, 5.41) is 10.2. The number of nitrogens with one attached hydrogen (secondary N) is 1. The molecule has 0 spiro atoms. The lowest BCUT2D eigenvalue weighted by Gasteiger charge is -2.36. The third-order valence-electron chi connectivity index (χ3n) is 5.84. The van der Waals surface area contributed by atoms with Crippen LogP contribution in [0, 0.1) is 11.7 Å². The molecule has 8 heteroatoms. The number of carboxylic acid groups (broad SMARTS) is 1. The minimum absolute atomic E-state index is 0.173. The Morgan fingerprint density at radius 2 is 1.83 bits per heavy atom. The van der Waals surface area contributed by atoms with E-state index in [2.05, 4.69) is 4.98 Å². The number of hydrogen-bond acceptors (Lipinski definition) is 4. The molecule has 0 saturated carbocycles. The first kappa shape index (κ1) is 20.0. The highest BCUT2D eigenvalue weighted by Crippen LogP contribution is 2.33. The number of para-hydroxylation sites is 1. The minimum atomic E-state index is -0.908. The molecule has 1 aliphatic heterocycles. The van der Waals surface area contributed by atoms with E-state index in [0.717, 1.165) is 10.1 Å². The summed E-state index contributed by atoms with van der Waals surface area (Å²) >= 11 is 0. The fourth-order valence-electron chi connectivity index (χ4n) is 4.23. The van der Waals surface area contributed by atoms with Crippen LogP contribution in [0.3, 0.4) is 0 Å². The molecule has 4 rings (SSSR count). The number of aromatic amines is 1. The van der Waals surface area contributed by atoms with Gasteiger partial charge in [0.05, 0.1) is 16.8 Å². The molecule has 0 aliphatic carbocycles. The Morgan fingerprint density at radius 1 is 1.10 bits per heavy atom. The molecular weight excluding hydrogens is 389 g/mol. The number of hydrogen-bond donors (Lipinski definition) is 2. The number of fused-ring (bicyclic) bond motifs is 1. The summed E-state index contributed by atoms with van der Waals surface area (Å²) in [5.41, 5.74) is 0.473. The second-order valence-electron chi connectivity index (χ2n) is 7.62. The van der Waals surface area contributed by atoms with Crippen LogP contribution in [0.25, 0.3) is 10.9 Å². The quantitative estimate of drug-likeness (QED) is 0.670. The van der Waals surface area contributed by atoms with Crippen molar-refractivity contribution in [3.05, 3.63) is 80.7 Å². The zero-order valence-electron chi connectivity index (χ0n) is 16.3. The molecule has 3 aromatic rings. The second kappa shape index (κ2) is 8.23. The molecule has 1 fully saturated rings. The third kappa shape index (κ3) is 3.91. The monoisotopic (exact) mass is 411 g/mol. The number of nitrogens with zero attached hydrogens (tertiary/aromatic N) is 2. The van der Waals surface area contributed by atoms with Gasteiger partial charge in [-0.2, -0.15) is 0 Å². The van der Waals surface area contributed by atoms with Gasteiger partial charge in [0.2, 0.25) is 0 Å². The predicted octanol–water partition coefficient (Wildman–Crippen LogP) is 2.02. The van der Waals surface area contributed by atoms with E-state index in [4.69, 9.17) is 0 Å². The first-order valence-corrected chi connectivity index (χ1v) is 9.86. The molecule has 0 amide bonds. The highest BCUT2D eigenvalue weighted by atomic mass is 19.1. The topological polar surface area (TPSA) is 95.4 Å². The maximum absolute atomic E-state index is 13.2. The van der Waals surface area contributed by atoms with Crippen molar-refractivity contribution in [2.75, 3.05) is 19.6 Å². The Balaban J connectivity index is 1.50. The van der Waals surface area contributed by atoms with Crippen molar-refractivity contribution in [1.82, 2.24) is 14.5 Å². The van der Waals surface area contributed by atoms with Crippen LogP contribution in [0.5, 0.6) is 0 Å². The van der Waals surface area contributed by atoms with E-state index in [1.807, 2.05) is 4.90 Å². The third-order valence-corrected chi connectivity index (χ3v) is 5.84. The van der Waals surface area contributed by atoms with Crippen LogP contribution >= 0.6 is 0 Å². The van der Waals surface area contributed by atoms with Crippen molar-refractivity contribution in [1.29, 1.82) is 0 Å². The van der Waals surface area contributed by atoms with Crippen LogP contribution in [-0.2, 0) is 11.3 Å². The van der Waals surface area contributed by atoms with Gasteiger partial charge in [-0.15, -0.1) is 0 Å². The summed E-state index contributed by atoms with van der Waals surface area (Å²) in [6, 6.07) is 12.8. The summed E-state index contributed by atoms with van der Waals surface area (Å²) in [5.74, 6) is -2.11. The zero-order valence-corrected chi connectivity index (χ0v) is 16.3. The summed E-state index contributed by atoms with van der Waals surface area (Å²) in [6.45, 7) is 1.50. The van der Waals surface area contributed by atoms with Crippen LogP contribution in [0.1, 0.15) is 17.9 Å². The molecular formula is C22H22FN3O4. The average molecular weight is 411 g/mol. The minimum Gasteiger partial charge on any atom is -0.481 e. The second-order valence-corrected chi connectivity index (χ2v) is 7.62. The summed E-state index contributed by atoms with van der Waals surface area (Å²) in [4.78, 5) is 41.5. The summed E-state index contributed by atoms with van der Waals surface area (Å²) in [6.07, 6.45) is 0.603. The van der Waals surface area contributed by atoms with Gasteiger partial charge in [0, 0.05) is 19.6 Å².